The van der Waals surface area contributed by atoms with Gasteiger partial charge in [-0.15, -0.1) is 0 Å². The highest BCUT2D eigenvalue weighted by atomic mass is 16.5. The lowest BCUT2D eigenvalue weighted by atomic mass is 9.98. The summed E-state index contributed by atoms with van der Waals surface area (Å²) in [4.78, 5) is 39.4. The number of amides is 1. The minimum absolute atomic E-state index is 0.155. The van der Waals surface area contributed by atoms with E-state index in [1.54, 1.807) is 48.5 Å². The van der Waals surface area contributed by atoms with Crippen molar-refractivity contribution in [3.63, 3.8) is 0 Å². The molecule has 1 aliphatic heterocycles. The van der Waals surface area contributed by atoms with E-state index in [0.29, 0.717) is 5.75 Å². The van der Waals surface area contributed by atoms with E-state index in [0.717, 1.165) is 0 Å². The van der Waals surface area contributed by atoms with Crippen LogP contribution in [0.25, 0.3) is 5.76 Å². The highest BCUT2D eigenvalue weighted by Crippen LogP contribution is 2.43. The first-order valence-corrected chi connectivity index (χ1v) is 9.64. The number of rotatable bonds is 5. The number of nitrogens with zero attached hydrogens (tertiary/aromatic N) is 1. The summed E-state index contributed by atoms with van der Waals surface area (Å²) in [5, 5.41) is 11.1. The van der Waals surface area contributed by atoms with Gasteiger partial charge in [-0.3, -0.25) is 14.5 Å². The molecular formula is C24H19NO7. The third-order valence-electron chi connectivity index (χ3n) is 5.16. The third kappa shape index (κ3) is 3.41. The molecule has 162 valence electrons. The number of para-hydroxylation sites is 1. The Labute approximate surface area is 183 Å². The van der Waals surface area contributed by atoms with Crippen LogP contribution in [0.3, 0.4) is 0 Å². The molecule has 2 heterocycles. The maximum absolute atomic E-state index is 13.1. The number of esters is 1. The van der Waals surface area contributed by atoms with Gasteiger partial charge in [-0.05, 0) is 42.5 Å². The van der Waals surface area contributed by atoms with Crippen molar-refractivity contribution >= 4 is 29.1 Å². The number of hydrogen-bond donors (Lipinski definition) is 1. The van der Waals surface area contributed by atoms with Gasteiger partial charge in [0.05, 0.1) is 37.2 Å². The average Bonchev–Trinajstić information content (AvgIpc) is 3.45. The molecule has 0 saturated carbocycles. The fourth-order valence-corrected chi connectivity index (χ4v) is 3.70. The summed E-state index contributed by atoms with van der Waals surface area (Å²) >= 11 is 0. The Morgan fingerprint density at radius 1 is 1.03 bits per heavy atom. The first-order valence-electron chi connectivity index (χ1n) is 9.64. The van der Waals surface area contributed by atoms with Gasteiger partial charge in [0.25, 0.3) is 11.7 Å². The number of aliphatic hydroxyl groups is 1. The number of methoxy groups -OCH3 is 2. The van der Waals surface area contributed by atoms with Gasteiger partial charge in [-0.1, -0.05) is 18.2 Å². The summed E-state index contributed by atoms with van der Waals surface area (Å²) in [6, 6.07) is 14.9. The zero-order chi connectivity index (χ0) is 22.8. The first-order chi connectivity index (χ1) is 15.5. The van der Waals surface area contributed by atoms with Crippen LogP contribution >= 0.6 is 0 Å². The molecule has 1 amide bonds. The predicted octanol–water partition coefficient (Wildman–Crippen LogP) is 3.70. The van der Waals surface area contributed by atoms with Gasteiger partial charge in [0.15, 0.2) is 0 Å². The van der Waals surface area contributed by atoms with Gasteiger partial charge in [-0.25, -0.2) is 4.79 Å². The number of carbonyl (C=O) groups is 3. The largest absolute Gasteiger partial charge is 0.507 e. The summed E-state index contributed by atoms with van der Waals surface area (Å²) in [5.74, 6) is -2.14. The van der Waals surface area contributed by atoms with Gasteiger partial charge in [0, 0.05) is 5.69 Å². The zero-order valence-corrected chi connectivity index (χ0v) is 17.3. The van der Waals surface area contributed by atoms with Crippen molar-refractivity contribution in [2.24, 2.45) is 0 Å². The maximum atomic E-state index is 13.1. The molecule has 1 unspecified atom stereocenters. The Bertz CT molecular complexity index is 1230. The molecular weight excluding hydrogens is 414 g/mol. The molecule has 1 aliphatic rings. The molecule has 0 bridgehead atoms. The molecule has 8 heteroatoms. The van der Waals surface area contributed by atoms with Crippen molar-refractivity contribution in [1.82, 2.24) is 0 Å². The second kappa shape index (κ2) is 8.43. The van der Waals surface area contributed by atoms with Crippen LogP contribution in [0, 0.1) is 0 Å². The minimum atomic E-state index is -1.05. The fourth-order valence-electron chi connectivity index (χ4n) is 3.70. The second-order valence-electron chi connectivity index (χ2n) is 6.93. The van der Waals surface area contributed by atoms with Crippen LogP contribution < -0.4 is 9.64 Å². The van der Waals surface area contributed by atoms with Crippen molar-refractivity contribution in [2.75, 3.05) is 19.1 Å². The molecule has 1 atom stereocenters. The molecule has 4 rings (SSSR count). The first kappa shape index (κ1) is 20.9. The Balaban J connectivity index is 1.93. The van der Waals surface area contributed by atoms with Crippen LogP contribution in [0.15, 0.2) is 76.9 Å². The lowest BCUT2D eigenvalue weighted by molar-refractivity contribution is -0.132. The standard InChI is InChI=1S/C24H19NO7/c1-30-17-10-4-3-9-16(17)21(26)19-20(18-11-6-12-32-18)25(23(28)22(19)27)15-8-5-7-14(13-15)24(29)31-2/h3-13,20,26H,1-2H3/b21-19-. The topological polar surface area (TPSA) is 106 Å². The maximum Gasteiger partial charge on any atom is 0.337 e. The number of benzene rings is 2. The lowest BCUT2D eigenvalue weighted by Crippen LogP contribution is -2.29. The van der Waals surface area contributed by atoms with Crippen LogP contribution in [0.5, 0.6) is 5.75 Å². The normalized spacial score (nSPS) is 17.4. The second-order valence-corrected chi connectivity index (χ2v) is 6.93. The van der Waals surface area contributed by atoms with E-state index in [9.17, 15) is 19.5 Å². The van der Waals surface area contributed by atoms with Crippen molar-refractivity contribution in [2.45, 2.75) is 6.04 Å². The van der Waals surface area contributed by atoms with E-state index in [2.05, 4.69) is 0 Å². The Kier molecular flexibility index (Phi) is 5.51. The molecule has 3 aromatic rings. The lowest BCUT2D eigenvalue weighted by Gasteiger charge is -2.23. The summed E-state index contributed by atoms with van der Waals surface area (Å²) in [5.41, 5.74) is 0.580. The Morgan fingerprint density at radius 2 is 1.81 bits per heavy atom. The number of furan rings is 1. The van der Waals surface area contributed by atoms with Crippen LogP contribution in [0.1, 0.15) is 27.7 Å². The van der Waals surface area contributed by atoms with Crippen LogP contribution in [-0.4, -0.2) is 37.0 Å². The molecule has 0 spiro atoms. The minimum Gasteiger partial charge on any atom is -0.507 e. The average molecular weight is 433 g/mol. The molecule has 8 nitrogen and oxygen atoms in total. The molecule has 32 heavy (non-hydrogen) atoms. The predicted molar refractivity (Wildman–Crippen MR) is 114 cm³/mol. The monoisotopic (exact) mass is 433 g/mol. The summed E-state index contributed by atoms with van der Waals surface area (Å²) in [6.07, 6.45) is 1.41. The quantitative estimate of drug-likeness (QED) is 0.283. The number of carbonyl (C=O) groups excluding carboxylic acids is 3. The van der Waals surface area contributed by atoms with Crippen LogP contribution in [0.2, 0.25) is 0 Å². The van der Waals surface area contributed by atoms with Crippen molar-refractivity contribution < 1.29 is 33.4 Å². The Morgan fingerprint density at radius 3 is 2.50 bits per heavy atom. The molecule has 0 aliphatic carbocycles. The number of ketones is 1. The number of ether oxygens (including phenoxy) is 2. The number of hydrogen-bond acceptors (Lipinski definition) is 7. The number of aliphatic hydroxyl groups excluding tert-OH is 1. The Hall–Kier alpha value is -4.33. The molecule has 1 N–H and O–H groups in total. The fraction of sp³-hybridized carbons (Fsp3) is 0.125. The SMILES string of the molecule is COC(=O)c1cccc(N2C(=O)C(=O)/C(=C(\O)c3ccccc3OC)C2c2ccco2)c1. The molecule has 1 fully saturated rings. The van der Waals surface area contributed by atoms with Crippen LogP contribution in [0.4, 0.5) is 5.69 Å². The van der Waals surface area contributed by atoms with Crippen molar-refractivity contribution in [3.8, 4) is 5.75 Å². The van der Waals surface area contributed by atoms with E-state index in [1.807, 2.05) is 0 Å². The molecule has 2 aromatic carbocycles. The van der Waals surface area contributed by atoms with Gasteiger partial charge in [0.2, 0.25) is 0 Å². The smallest absolute Gasteiger partial charge is 0.337 e. The molecule has 1 aromatic heterocycles. The van der Waals surface area contributed by atoms with E-state index < -0.39 is 29.5 Å². The van der Waals surface area contributed by atoms with Gasteiger partial charge in [-0.2, -0.15) is 0 Å². The molecule has 1 saturated heterocycles. The third-order valence-corrected chi connectivity index (χ3v) is 5.16. The van der Waals surface area contributed by atoms with Crippen molar-refractivity contribution in [1.29, 1.82) is 0 Å². The number of anilines is 1. The summed E-state index contributed by atoms with van der Waals surface area (Å²) in [6.45, 7) is 0. The zero-order valence-electron chi connectivity index (χ0n) is 17.3. The van der Waals surface area contributed by atoms with E-state index in [-0.39, 0.29) is 28.1 Å². The van der Waals surface area contributed by atoms with Gasteiger partial charge in [0.1, 0.15) is 23.3 Å². The van der Waals surface area contributed by atoms with Gasteiger partial charge < -0.3 is 19.0 Å². The summed E-state index contributed by atoms with van der Waals surface area (Å²) < 4.78 is 15.6. The highest BCUT2D eigenvalue weighted by Gasteiger charge is 2.48. The highest BCUT2D eigenvalue weighted by molar-refractivity contribution is 6.51. The summed E-state index contributed by atoms with van der Waals surface area (Å²) in [7, 11) is 2.68. The molecule has 0 radical (unpaired) electrons. The van der Waals surface area contributed by atoms with Gasteiger partial charge >= 0.3 is 5.97 Å². The van der Waals surface area contributed by atoms with Crippen molar-refractivity contribution in [3.05, 3.63) is 89.4 Å². The van der Waals surface area contributed by atoms with E-state index in [4.69, 9.17) is 13.9 Å². The van der Waals surface area contributed by atoms with E-state index in [1.165, 1.54) is 37.5 Å². The van der Waals surface area contributed by atoms with E-state index >= 15 is 0 Å². The number of Topliss-reactive ketones (excluding diaryl/α,β-unsaturated/α-hetero) is 1. The van der Waals surface area contributed by atoms with Crippen LogP contribution in [-0.2, 0) is 14.3 Å².